The van der Waals surface area contributed by atoms with Crippen molar-refractivity contribution in [3.05, 3.63) is 24.3 Å². The van der Waals surface area contributed by atoms with Crippen molar-refractivity contribution in [1.82, 2.24) is 0 Å². The van der Waals surface area contributed by atoms with E-state index >= 15 is 0 Å². The number of hydrogen-bond acceptors (Lipinski definition) is 3. The Morgan fingerprint density at radius 3 is 2.10 bits per heavy atom. The molecule has 0 aliphatic rings. The summed E-state index contributed by atoms with van der Waals surface area (Å²) >= 11 is 0. The fourth-order valence-corrected chi connectivity index (χ4v) is 1.90. The van der Waals surface area contributed by atoms with Crippen LogP contribution in [0.3, 0.4) is 0 Å². The Hall–Kier alpha value is -1.88. The van der Waals surface area contributed by atoms with E-state index in [1.807, 2.05) is 20.8 Å². The Labute approximate surface area is 126 Å². The van der Waals surface area contributed by atoms with Gasteiger partial charge < -0.3 is 16.4 Å². The molecule has 0 heterocycles. The Bertz CT molecular complexity index is 469. The molecule has 0 bridgehead atoms. The van der Waals surface area contributed by atoms with Crippen LogP contribution in [0.1, 0.15) is 40.0 Å². The highest BCUT2D eigenvalue weighted by Crippen LogP contribution is 2.15. The molecule has 5 heteroatoms. The van der Waals surface area contributed by atoms with Crippen LogP contribution in [0.2, 0.25) is 0 Å². The summed E-state index contributed by atoms with van der Waals surface area (Å²) in [5.41, 5.74) is 7.14. The van der Waals surface area contributed by atoms with Gasteiger partial charge in [-0.25, -0.2) is 0 Å². The lowest BCUT2D eigenvalue weighted by Crippen LogP contribution is -2.35. The molecule has 5 nitrogen and oxygen atoms in total. The van der Waals surface area contributed by atoms with E-state index in [1.54, 1.807) is 24.3 Å². The molecule has 0 saturated carbocycles. The smallest absolute Gasteiger partial charge is 0.241 e. The number of rotatable bonds is 7. The van der Waals surface area contributed by atoms with E-state index < -0.39 is 6.04 Å². The summed E-state index contributed by atoms with van der Waals surface area (Å²) in [6, 6.07) is 6.54. The average molecular weight is 291 g/mol. The maximum absolute atomic E-state index is 11.8. The lowest BCUT2D eigenvalue weighted by atomic mass is 10.1. The van der Waals surface area contributed by atoms with Crippen molar-refractivity contribution in [2.45, 2.75) is 46.1 Å². The van der Waals surface area contributed by atoms with Gasteiger partial charge in [-0.2, -0.15) is 0 Å². The zero-order chi connectivity index (χ0) is 15.8. The van der Waals surface area contributed by atoms with Crippen molar-refractivity contribution in [1.29, 1.82) is 0 Å². The summed E-state index contributed by atoms with van der Waals surface area (Å²) in [4.78, 5) is 23.4. The fraction of sp³-hybridized carbons (Fsp3) is 0.500. The summed E-state index contributed by atoms with van der Waals surface area (Å²) in [6.07, 6.45) is 2.02. The molecule has 1 aromatic rings. The van der Waals surface area contributed by atoms with Gasteiger partial charge in [-0.1, -0.05) is 27.2 Å². The van der Waals surface area contributed by atoms with Crippen LogP contribution in [-0.2, 0) is 9.59 Å². The molecule has 1 aromatic carbocycles. The number of nitrogens with one attached hydrogen (secondary N) is 2. The third kappa shape index (κ3) is 6.40. The minimum atomic E-state index is -0.486. The van der Waals surface area contributed by atoms with Crippen LogP contribution in [0.5, 0.6) is 0 Å². The Morgan fingerprint density at radius 2 is 1.62 bits per heavy atom. The van der Waals surface area contributed by atoms with Crippen LogP contribution in [0, 0.1) is 5.92 Å². The molecule has 0 aliphatic heterocycles. The van der Waals surface area contributed by atoms with Gasteiger partial charge in [0.05, 0.1) is 6.04 Å². The first kappa shape index (κ1) is 17.2. The molecule has 1 rings (SSSR count). The lowest BCUT2D eigenvalue weighted by Gasteiger charge is -2.12. The molecule has 0 unspecified atom stereocenters. The predicted molar refractivity (Wildman–Crippen MR) is 86.0 cm³/mol. The molecule has 4 N–H and O–H groups in total. The molecule has 0 aliphatic carbocycles. The van der Waals surface area contributed by atoms with E-state index in [2.05, 4.69) is 10.6 Å². The van der Waals surface area contributed by atoms with Gasteiger partial charge in [0.15, 0.2) is 0 Å². The third-order valence-electron chi connectivity index (χ3n) is 2.97. The highest BCUT2D eigenvalue weighted by molar-refractivity contribution is 5.95. The van der Waals surface area contributed by atoms with E-state index in [-0.39, 0.29) is 11.8 Å². The topological polar surface area (TPSA) is 84.2 Å². The maximum atomic E-state index is 11.8. The molecule has 0 fully saturated rings. The van der Waals surface area contributed by atoms with Gasteiger partial charge in [-0.3, -0.25) is 9.59 Å². The summed E-state index contributed by atoms with van der Waals surface area (Å²) < 4.78 is 0. The molecular weight excluding hydrogens is 266 g/mol. The van der Waals surface area contributed by atoms with Gasteiger partial charge in [0.2, 0.25) is 11.8 Å². The summed E-state index contributed by atoms with van der Waals surface area (Å²) in [5, 5.41) is 5.58. The SMILES string of the molecule is CCC[C@@H](N)C(=O)Nc1ccc(NC(=O)CC(C)C)cc1. The van der Waals surface area contributed by atoms with E-state index in [0.29, 0.717) is 24.4 Å². The molecule has 1 atom stereocenters. The number of amides is 2. The number of carbonyl (C=O) groups is 2. The van der Waals surface area contributed by atoms with Crippen LogP contribution in [0.15, 0.2) is 24.3 Å². The minimum absolute atomic E-state index is 0.00764. The fourth-order valence-electron chi connectivity index (χ4n) is 1.90. The van der Waals surface area contributed by atoms with Gasteiger partial charge in [-0.05, 0) is 36.6 Å². The second-order valence-electron chi connectivity index (χ2n) is 5.61. The molecule has 0 aromatic heterocycles. The first-order valence-electron chi connectivity index (χ1n) is 7.38. The van der Waals surface area contributed by atoms with Gasteiger partial charge in [0.25, 0.3) is 0 Å². The largest absolute Gasteiger partial charge is 0.326 e. The highest BCUT2D eigenvalue weighted by atomic mass is 16.2. The predicted octanol–water partition coefficient (Wildman–Crippen LogP) is 2.74. The zero-order valence-electron chi connectivity index (χ0n) is 13.0. The Balaban J connectivity index is 2.54. The number of benzene rings is 1. The number of nitrogens with two attached hydrogens (primary N) is 1. The first-order chi connectivity index (χ1) is 9.92. The molecule has 0 radical (unpaired) electrons. The maximum Gasteiger partial charge on any atom is 0.241 e. The first-order valence-corrected chi connectivity index (χ1v) is 7.38. The van der Waals surface area contributed by atoms with Crippen molar-refractivity contribution in [3.8, 4) is 0 Å². The normalized spacial score (nSPS) is 12.0. The van der Waals surface area contributed by atoms with Crippen LogP contribution in [0.25, 0.3) is 0 Å². The average Bonchev–Trinajstić information content (AvgIpc) is 2.40. The quantitative estimate of drug-likeness (QED) is 0.722. The van der Waals surface area contributed by atoms with Gasteiger partial charge >= 0.3 is 0 Å². The van der Waals surface area contributed by atoms with E-state index in [0.717, 1.165) is 12.1 Å². The zero-order valence-corrected chi connectivity index (χ0v) is 13.0. The van der Waals surface area contributed by atoms with Crippen LogP contribution < -0.4 is 16.4 Å². The molecule has 0 saturated heterocycles. The van der Waals surface area contributed by atoms with Crippen molar-refractivity contribution in [3.63, 3.8) is 0 Å². The highest BCUT2D eigenvalue weighted by Gasteiger charge is 2.12. The number of carbonyl (C=O) groups excluding carboxylic acids is 2. The number of hydrogen-bond donors (Lipinski definition) is 3. The third-order valence-corrected chi connectivity index (χ3v) is 2.97. The summed E-state index contributed by atoms with van der Waals surface area (Å²) in [7, 11) is 0. The van der Waals surface area contributed by atoms with Crippen molar-refractivity contribution < 1.29 is 9.59 Å². The van der Waals surface area contributed by atoms with E-state index in [4.69, 9.17) is 5.73 Å². The lowest BCUT2D eigenvalue weighted by molar-refractivity contribution is -0.118. The standard InChI is InChI=1S/C16H25N3O2/c1-4-5-14(17)16(21)19-13-8-6-12(7-9-13)18-15(20)10-11(2)3/h6-9,11,14H,4-5,10,17H2,1-3H3,(H,18,20)(H,19,21)/t14-/m1/s1. The molecule has 116 valence electrons. The van der Waals surface area contributed by atoms with Crippen LogP contribution in [-0.4, -0.2) is 17.9 Å². The van der Waals surface area contributed by atoms with Crippen molar-refractivity contribution in [2.24, 2.45) is 11.7 Å². The van der Waals surface area contributed by atoms with Crippen LogP contribution >= 0.6 is 0 Å². The van der Waals surface area contributed by atoms with Crippen molar-refractivity contribution in [2.75, 3.05) is 10.6 Å². The molecule has 2 amide bonds. The summed E-state index contributed by atoms with van der Waals surface area (Å²) in [6.45, 7) is 5.98. The van der Waals surface area contributed by atoms with E-state index in [9.17, 15) is 9.59 Å². The molecule has 0 spiro atoms. The molecular formula is C16H25N3O2. The minimum Gasteiger partial charge on any atom is -0.326 e. The Kier molecular flexibility index (Phi) is 6.88. The van der Waals surface area contributed by atoms with Gasteiger partial charge in [0.1, 0.15) is 0 Å². The van der Waals surface area contributed by atoms with Gasteiger partial charge in [0, 0.05) is 17.8 Å². The van der Waals surface area contributed by atoms with Gasteiger partial charge in [-0.15, -0.1) is 0 Å². The van der Waals surface area contributed by atoms with Crippen molar-refractivity contribution >= 4 is 23.2 Å². The second-order valence-corrected chi connectivity index (χ2v) is 5.61. The van der Waals surface area contributed by atoms with E-state index in [1.165, 1.54) is 0 Å². The summed E-state index contributed by atoms with van der Waals surface area (Å²) in [5.74, 6) is 0.129. The second kappa shape index (κ2) is 8.42. The number of anilines is 2. The van der Waals surface area contributed by atoms with Crippen LogP contribution in [0.4, 0.5) is 11.4 Å². The Morgan fingerprint density at radius 1 is 1.10 bits per heavy atom. The monoisotopic (exact) mass is 291 g/mol. The molecule has 21 heavy (non-hydrogen) atoms.